The van der Waals surface area contributed by atoms with Crippen molar-refractivity contribution >= 4 is 17.4 Å². The van der Waals surface area contributed by atoms with Crippen LogP contribution in [0.5, 0.6) is 11.5 Å². The molecule has 53 heavy (non-hydrogen) atoms. The molecule has 4 atom stereocenters. The van der Waals surface area contributed by atoms with Crippen molar-refractivity contribution in [3.63, 3.8) is 0 Å². The van der Waals surface area contributed by atoms with E-state index in [9.17, 15) is 14.7 Å². The van der Waals surface area contributed by atoms with E-state index < -0.39 is 12.4 Å². The number of hydrogen-bond acceptors (Lipinski definition) is 8. The van der Waals surface area contributed by atoms with E-state index in [-0.39, 0.29) is 30.3 Å². The molecule has 9 nitrogen and oxygen atoms in total. The number of rotatable bonds is 11. The van der Waals surface area contributed by atoms with Crippen molar-refractivity contribution in [2.24, 2.45) is 0 Å². The van der Waals surface area contributed by atoms with E-state index in [1.807, 2.05) is 54.6 Å². The van der Waals surface area contributed by atoms with Gasteiger partial charge in [0, 0.05) is 47.9 Å². The highest BCUT2D eigenvalue weighted by Crippen LogP contribution is 2.47. The van der Waals surface area contributed by atoms with Gasteiger partial charge in [0.2, 0.25) is 0 Å². The number of nitrogens with zero attached hydrogens (tertiary/aromatic N) is 1. The van der Waals surface area contributed by atoms with Gasteiger partial charge in [-0.25, -0.2) is 0 Å². The molecule has 1 unspecified atom stereocenters. The smallest absolute Gasteiger partial charge is 0.255 e. The first-order chi connectivity index (χ1) is 25.8. The van der Waals surface area contributed by atoms with Gasteiger partial charge in [0.05, 0.1) is 33.0 Å². The Morgan fingerprint density at radius 1 is 0.774 bits per heavy atom. The zero-order valence-electron chi connectivity index (χ0n) is 30.2. The summed E-state index contributed by atoms with van der Waals surface area (Å²) >= 11 is 0. The lowest BCUT2D eigenvalue weighted by Gasteiger charge is -2.45. The number of carbonyl (C=O) groups is 2. The molecule has 2 aliphatic heterocycles. The van der Waals surface area contributed by atoms with Gasteiger partial charge in [-0.15, -0.1) is 0 Å². The van der Waals surface area contributed by atoms with E-state index in [1.165, 1.54) is 18.1 Å². The van der Waals surface area contributed by atoms with Crippen LogP contribution in [0, 0.1) is 0 Å². The number of Topliss-reactive ketones (excluding diaryl/α,β-unsaturated/α-hetero) is 1. The number of nitrogens with one attached hydrogen (secondary N) is 1. The summed E-state index contributed by atoms with van der Waals surface area (Å²) in [5.41, 5.74) is 7.52. The van der Waals surface area contributed by atoms with Crippen molar-refractivity contribution in [2.75, 3.05) is 32.6 Å². The van der Waals surface area contributed by atoms with Crippen molar-refractivity contribution in [1.29, 1.82) is 0 Å². The highest BCUT2D eigenvalue weighted by atomic mass is 16.7. The molecule has 9 heteroatoms. The zero-order chi connectivity index (χ0) is 36.9. The van der Waals surface area contributed by atoms with Crippen LogP contribution < -0.4 is 14.8 Å². The molecule has 1 fully saturated rings. The van der Waals surface area contributed by atoms with Gasteiger partial charge in [-0.1, -0.05) is 78.9 Å². The maximum atomic E-state index is 13.5. The van der Waals surface area contributed by atoms with Crippen LogP contribution in [0.3, 0.4) is 0 Å². The number of aliphatic hydroxyl groups is 1. The van der Waals surface area contributed by atoms with E-state index in [1.54, 1.807) is 50.6 Å². The average molecular weight is 713 g/mol. The Morgan fingerprint density at radius 3 is 2.19 bits per heavy atom. The van der Waals surface area contributed by atoms with Crippen molar-refractivity contribution in [2.45, 2.75) is 50.9 Å². The standard InChI is InChI=1S/C44H44N2O7/c1-28(48)32-11-8-14-37(22-32)45-43(49)34-12-7-13-35(21-34)44-52-40(26-46-20-19-33-23-38(50-2)39(51-3)24-36(33)25-46)41(30-9-5-4-6-10-30)42(53-44)31-17-15-29(27-47)16-18-31/h4-18,21-24,40-42,44,47H,19-20,25-27H2,1-3H3,(H,45,49)/t40-,41-,42+,44?/m1/s1. The van der Waals surface area contributed by atoms with Crippen molar-refractivity contribution in [3.8, 4) is 11.5 Å². The lowest BCUT2D eigenvalue weighted by atomic mass is 9.82. The Bertz CT molecular complexity index is 2070. The lowest BCUT2D eigenvalue weighted by Crippen LogP contribution is -2.45. The minimum atomic E-state index is -0.780. The number of ether oxygens (including phenoxy) is 4. The second kappa shape index (κ2) is 16.1. The maximum absolute atomic E-state index is 13.5. The number of ketones is 1. The normalized spacial score (nSPS) is 19.9. The summed E-state index contributed by atoms with van der Waals surface area (Å²) in [7, 11) is 3.32. The minimum Gasteiger partial charge on any atom is -0.493 e. The number of carbonyl (C=O) groups excluding carboxylic acids is 2. The summed E-state index contributed by atoms with van der Waals surface area (Å²) in [6, 6.07) is 36.5. The van der Waals surface area contributed by atoms with E-state index >= 15 is 0 Å². The highest BCUT2D eigenvalue weighted by molar-refractivity contribution is 6.05. The molecule has 5 aromatic carbocycles. The van der Waals surface area contributed by atoms with Crippen LogP contribution in [0.15, 0.2) is 115 Å². The highest BCUT2D eigenvalue weighted by Gasteiger charge is 2.43. The number of benzene rings is 5. The zero-order valence-corrected chi connectivity index (χ0v) is 30.2. The predicted octanol–water partition coefficient (Wildman–Crippen LogP) is 7.65. The molecule has 0 spiro atoms. The molecule has 1 saturated heterocycles. The first-order valence-electron chi connectivity index (χ1n) is 17.9. The minimum absolute atomic E-state index is 0.0523. The van der Waals surface area contributed by atoms with Crippen LogP contribution in [-0.2, 0) is 29.0 Å². The molecule has 1 amide bonds. The van der Waals surface area contributed by atoms with Gasteiger partial charge in [0.25, 0.3) is 5.91 Å². The summed E-state index contributed by atoms with van der Waals surface area (Å²) in [6.45, 7) is 3.64. The van der Waals surface area contributed by atoms with E-state index in [0.717, 1.165) is 42.0 Å². The van der Waals surface area contributed by atoms with Crippen molar-refractivity contribution < 1.29 is 33.6 Å². The van der Waals surface area contributed by atoms with E-state index in [2.05, 4.69) is 34.5 Å². The van der Waals surface area contributed by atoms with E-state index in [0.29, 0.717) is 34.7 Å². The molecule has 2 N–H and O–H groups in total. The number of methoxy groups -OCH3 is 2. The number of anilines is 1. The first-order valence-corrected chi connectivity index (χ1v) is 17.9. The largest absolute Gasteiger partial charge is 0.493 e. The molecule has 272 valence electrons. The third-order valence-electron chi connectivity index (χ3n) is 10.2. The van der Waals surface area contributed by atoms with Crippen LogP contribution >= 0.6 is 0 Å². The number of aliphatic hydroxyl groups excluding tert-OH is 1. The Labute approximate surface area is 310 Å². The number of fused-ring (bicyclic) bond motifs is 1. The number of amides is 1. The van der Waals surface area contributed by atoms with Crippen molar-refractivity contribution in [3.05, 3.63) is 160 Å². The van der Waals surface area contributed by atoms with Crippen LogP contribution in [0.25, 0.3) is 0 Å². The molecular formula is C44H44N2O7. The SMILES string of the molecule is COc1cc2c(cc1OC)CN(C[C@H]1OC(c3cccc(C(=O)Nc4cccc(C(C)=O)c4)c3)O[C@@H](c3ccc(CO)cc3)[C@@H]1c1ccccc1)CC2. The fourth-order valence-electron chi connectivity index (χ4n) is 7.36. The predicted molar refractivity (Wildman–Crippen MR) is 202 cm³/mol. The Hall–Kier alpha value is -5.32. The second-order valence-corrected chi connectivity index (χ2v) is 13.6. The van der Waals surface area contributed by atoms with Crippen LogP contribution in [-0.4, -0.2) is 55.1 Å². The fraction of sp³-hybridized carbons (Fsp3) is 0.273. The Morgan fingerprint density at radius 2 is 1.47 bits per heavy atom. The van der Waals surface area contributed by atoms with Crippen LogP contribution in [0.2, 0.25) is 0 Å². The van der Waals surface area contributed by atoms with Gasteiger partial charge in [0.15, 0.2) is 23.6 Å². The molecular weight excluding hydrogens is 668 g/mol. The Balaban J connectivity index is 1.22. The molecule has 2 aliphatic rings. The molecule has 0 saturated carbocycles. The van der Waals surface area contributed by atoms with E-state index in [4.69, 9.17) is 18.9 Å². The number of hydrogen-bond donors (Lipinski definition) is 2. The third-order valence-corrected chi connectivity index (χ3v) is 10.2. The summed E-state index contributed by atoms with van der Waals surface area (Å²) in [5.74, 6) is 0.887. The molecule has 2 heterocycles. The van der Waals surface area contributed by atoms with Gasteiger partial charge in [-0.05, 0) is 77.6 Å². The summed E-state index contributed by atoms with van der Waals surface area (Å²) in [5, 5.41) is 12.7. The molecule has 0 aliphatic carbocycles. The Kier molecular flexibility index (Phi) is 11.0. The third kappa shape index (κ3) is 8.04. The molecule has 0 bridgehead atoms. The van der Waals surface area contributed by atoms with Crippen LogP contribution in [0.1, 0.15) is 79.3 Å². The summed E-state index contributed by atoms with van der Waals surface area (Å²) in [6.07, 6.45) is -0.622. The topological polar surface area (TPSA) is 107 Å². The summed E-state index contributed by atoms with van der Waals surface area (Å²) in [4.78, 5) is 27.9. The molecule has 0 aromatic heterocycles. The lowest BCUT2D eigenvalue weighted by molar-refractivity contribution is -0.263. The van der Waals surface area contributed by atoms with Gasteiger partial charge < -0.3 is 29.4 Å². The first kappa shape index (κ1) is 36.1. The van der Waals surface area contributed by atoms with Gasteiger partial charge in [-0.2, -0.15) is 0 Å². The quantitative estimate of drug-likeness (QED) is 0.135. The molecule has 5 aromatic rings. The molecule has 0 radical (unpaired) electrons. The monoisotopic (exact) mass is 712 g/mol. The fourth-order valence-corrected chi connectivity index (χ4v) is 7.36. The maximum Gasteiger partial charge on any atom is 0.255 e. The van der Waals surface area contributed by atoms with Gasteiger partial charge in [-0.3, -0.25) is 14.5 Å². The van der Waals surface area contributed by atoms with Gasteiger partial charge in [0.1, 0.15) is 0 Å². The van der Waals surface area contributed by atoms with Crippen molar-refractivity contribution in [1.82, 2.24) is 4.90 Å². The average Bonchev–Trinajstić information content (AvgIpc) is 3.20. The molecule has 7 rings (SSSR count). The second-order valence-electron chi connectivity index (χ2n) is 13.6. The van der Waals surface area contributed by atoms with Gasteiger partial charge >= 0.3 is 0 Å². The summed E-state index contributed by atoms with van der Waals surface area (Å²) < 4.78 is 25.1. The van der Waals surface area contributed by atoms with Crippen LogP contribution in [0.4, 0.5) is 5.69 Å².